The predicted molar refractivity (Wildman–Crippen MR) is 105 cm³/mol. The third-order valence-electron chi connectivity index (χ3n) is 4.82. The van der Waals surface area contributed by atoms with E-state index >= 15 is 0 Å². The molecule has 0 aliphatic carbocycles. The summed E-state index contributed by atoms with van der Waals surface area (Å²) in [5, 5.41) is 3.18. The molecule has 0 saturated carbocycles. The van der Waals surface area contributed by atoms with Gasteiger partial charge in [0.25, 0.3) is 0 Å². The zero-order valence-corrected chi connectivity index (χ0v) is 16.0. The zero-order valence-electron chi connectivity index (χ0n) is 16.0. The van der Waals surface area contributed by atoms with Gasteiger partial charge >= 0.3 is 0 Å². The minimum absolute atomic E-state index is 0.414. The molecule has 25 heavy (non-hydrogen) atoms. The van der Waals surface area contributed by atoms with Crippen molar-refractivity contribution in [2.24, 2.45) is 16.6 Å². The molecule has 0 spiro atoms. The molecule has 1 aliphatic heterocycles. The van der Waals surface area contributed by atoms with Crippen molar-refractivity contribution in [3.63, 3.8) is 0 Å². The van der Waals surface area contributed by atoms with Crippen LogP contribution in [0.25, 0.3) is 0 Å². The van der Waals surface area contributed by atoms with Gasteiger partial charge in [-0.15, -0.1) is 0 Å². The quantitative estimate of drug-likeness (QED) is 0.409. The monoisotopic (exact) mass is 346 g/mol. The Kier molecular flexibility index (Phi) is 8.22. The van der Waals surface area contributed by atoms with E-state index in [2.05, 4.69) is 53.3 Å². The standard InChI is InChI=1S/C20H34N4O/c1-4-25-13-7-11-22-20(21)23-14-19(16(2)3)24-12-10-17-8-5-6-9-18(17)15-24/h5-6,8-9,16,19H,4,7,10-15H2,1-3H3,(H3,21,22,23). The molecule has 3 N–H and O–H groups in total. The maximum Gasteiger partial charge on any atom is 0.188 e. The average molecular weight is 347 g/mol. The summed E-state index contributed by atoms with van der Waals surface area (Å²) in [5.41, 5.74) is 8.96. The molecule has 1 heterocycles. The van der Waals surface area contributed by atoms with E-state index in [-0.39, 0.29) is 0 Å². The predicted octanol–water partition coefficient (Wildman–Crippen LogP) is 2.40. The van der Waals surface area contributed by atoms with Gasteiger partial charge in [-0.2, -0.15) is 0 Å². The van der Waals surface area contributed by atoms with Gasteiger partial charge in [-0.25, -0.2) is 0 Å². The average Bonchev–Trinajstić information content (AvgIpc) is 2.61. The van der Waals surface area contributed by atoms with Gasteiger partial charge in [-0.1, -0.05) is 38.1 Å². The van der Waals surface area contributed by atoms with Crippen molar-refractivity contribution in [1.82, 2.24) is 10.2 Å². The normalized spacial score (nSPS) is 16.7. The summed E-state index contributed by atoms with van der Waals surface area (Å²) < 4.78 is 5.33. The number of ether oxygens (including phenoxy) is 1. The van der Waals surface area contributed by atoms with Crippen LogP contribution in [0.4, 0.5) is 0 Å². The van der Waals surface area contributed by atoms with Crippen LogP contribution in [-0.4, -0.2) is 49.7 Å². The van der Waals surface area contributed by atoms with E-state index in [9.17, 15) is 0 Å². The number of hydrogen-bond donors (Lipinski definition) is 2. The number of nitrogens with zero attached hydrogens (tertiary/aromatic N) is 2. The number of nitrogens with two attached hydrogens (primary N) is 1. The third-order valence-corrected chi connectivity index (χ3v) is 4.82. The van der Waals surface area contributed by atoms with Crippen LogP contribution in [0, 0.1) is 5.92 Å². The smallest absolute Gasteiger partial charge is 0.188 e. The molecule has 0 bridgehead atoms. The second kappa shape index (κ2) is 10.4. The maximum absolute atomic E-state index is 6.02. The lowest BCUT2D eigenvalue weighted by Gasteiger charge is -2.37. The van der Waals surface area contributed by atoms with Crippen LogP contribution < -0.4 is 11.1 Å². The number of nitrogens with one attached hydrogen (secondary N) is 1. The van der Waals surface area contributed by atoms with E-state index < -0.39 is 0 Å². The molecule has 1 aromatic carbocycles. The molecule has 0 aromatic heterocycles. The Hall–Kier alpha value is -1.59. The molecular weight excluding hydrogens is 312 g/mol. The van der Waals surface area contributed by atoms with Gasteiger partial charge in [0.2, 0.25) is 0 Å². The van der Waals surface area contributed by atoms with Crippen LogP contribution in [0.2, 0.25) is 0 Å². The Labute approximate surface area is 152 Å². The van der Waals surface area contributed by atoms with Gasteiger partial charge < -0.3 is 15.8 Å². The maximum atomic E-state index is 6.02. The summed E-state index contributed by atoms with van der Waals surface area (Å²) >= 11 is 0. The fourth-order valence-electron chi connectivity index (χ4n) is 3.33. The van der Waals surface area contributed by atoms with Crippen molar-refractivity contribution in [2.45, 2.75) is 46.2 Å². The summed E-state index contributed by atoms with van der Waals surface area (Å²) in [6.45, 7) is 11.7. The van der Waals surface area contributed by atoms with Gasteiger partial charge in [0.1, 0.15) is 0 Å². The fraction of sp³-hybridized carbons (Fsp3) is 0.650. The summed E-state index contributed by atoms with van der Waals surface area (Å²) in [6.07, 6.45) is 2.06. The number of hydrogen-bond acceptors (Lipinski definition) is 3. The Bertz CT molecular complexity index is 544. The molecule has 0 amide bonds. The lowest BCUT2D eigenvalue weighted by atomic mass is 9.95. The number of fused-ring (bicyclic) bond motifs is 1. The third kappa shape index (κ3) is 6.33. The van der Waals surface area contributed by atoms with Crippen LogP contribution in [0.1, 0.15) is 38.3 Å². The Morgan fingerprint density at radius 3 is 2.80 bits per heavy atom. The highest BCUT2D eigenvalue weighted by atomic mass is 16.5. The molecule has 5 heteroatoms. The molecule has 0 saturated heterocycles. The summed E-state index contributed by atoms with van der Waals surface area (Å²) in [6, 6.07) is 9.18. The van der Waals surface area contributed by atoms with E-state index in [1.165, 1.54) is 11.1 Å². The van der Waals surface area contributed by atoms with Gasteiger partial charge in [0.05, 0.1) is 6.54 Å². The van der Waals surface area contributed by atoms with E-state index in [4.69, 9.17) is 10.5 Å². The Balaban J connectivity index is 1.85. The first-order valence-corrected chi connectivity index (χ1v) is 9.54. The largest absolute Gasteiger partial charge is 0.382 e. The fourth-order valence-corrected chi connectivity index (χ4v) is 3.33. The van der Waals surface area contributed by atoms with Gasteiger partial charge in [0.15, 0.2) is 5.96 Å². The van der Waals surface area contributed by atoms with Crippen molar-refractivity contribution in [3.05, 3.63) is 35.4 Å². The lowest BCUT2D eigenvalue weighted by Crippen LogP contribution is -2.45. The number of rotatable bonds is 9. The molecule has 0 radical (unpaired) electrons. The first kappa shape index (κ1) is 19.7. The highest BCUT2D eigenvalue weighted by Gasteiger charge is 2.25. The minimum Gasteiger partial charge on any atom is -0.382 e. The van der Waals surface area contributed by atoms with Crippen molar-refractivity contribution in [1.29, 1.82) is 0 Å². The second-order valence-electron chi connectivity index (χ2n) is 7.00. The van der Waals surface area contributed by atoms with Crippen molar-refractivity contribution in [3.8, 4) is 0 Å². The molecule has 140 valence electrons. The van der Waals surface area contributed by atoms with Gasteiger partial charge in [-0.05, 0) is 36.8 Å². The topological polar surface area (TPSA) is 62.9 Å². The Morgan fingerprint density at radius 1 is 1.32 bits per heavy atom. The van der Waals surface area contributed by atoms with Crippen molar-refractivity contribution >= 4 is 5.96 Å². The Morgan fingerprint density at radius 2 is 2.08 bits per heavy atom. The molecule has 1 aliphatic rings. The summed E-state index contributed by atoms with van der Waals surface area (Å²) in [7, 11) is 0. The number of guanidine groups is 1. The highest BCUT2D eigenvalue weighted by Crippen LogP contribution is 2.23. The molecule has 0 fully saturated rings. The van der Waals surface area contributed by atoms with Crippen LogP contribution in [0.15, 0.2) is 29.3 Å². The first-order chi connectivity index (χ1) is 12.1. The van der Waals surface area contributed by atoms with Crippen molar-refractivity contribution < 1.29 is 4.74 Å². The molecule has 5 nitrogen and oxygen atoms in total. The van der Waals surface area contributed by atoms with Crippen LogP contribution in [0.5, 0.6) is 0 Å². The number of aliphatic imine (C=N–C) groups is 1. The summed E-state index contributed by atoms with van der Waals surface area (Å²) in [4.78, 5) is 7.15. The highest BCUT2D eigenvalue weighted by molar-refractivity contribution is 5.77. The van der Waals surface area contributed by atoms with E-state index in [0.29, 0.717) is 17.9 Å². The molecule has 1 unspecified atom stereocenters. The van der Waals surface area contributed by atoms with E-state index in [1.807, 2.05) is 6.92 Å². The second-order valence-corrected chi connectivity index (χ2v) is 7.00. The van der Waals surface area contributed by atoms with Gasteiger partial charge in [0, 0.05) is 38.9 Å². The molecule has 1 atom stereocenters. The minimum atomic E-state index is 0.414. The number of benzene rings is 1. The van der Waals surface area contributed by atoms with Crippen molar-refractivity contribution in [2.75, 3.05) is 32.8 Å². The molecular formula is C20H34N4O. The van der Waals surface area contributed by atoms with Crippen LogP contribution in [0.3, 0.4) is 0 Å². The summed E-state index contributed by atoms with van der Waals surface area (Å²) in [5.74, 6) is 1.08. The SMILES string of the molecule is CCOCCCNC(N)=NCC(C(C)C)N1CCc2ccccc2C1. The molecule has 1 aromatic rings. The van der Waals surface area contributed by atoms with Crippen LogP contribution >= 0.6 is 0 Å². The van der Waals surface area contributed by atoms with E-state index in [1.54, 1.807) is 0 Å². The van der Waals surface area contributed by atoms with E-state index in [0.717, 1.165) is 52.2 Å². The molecule has 2 rings (SSSR count). The van der Waals surface area contributed by atoms with Crippen LogP contribution in [-0.2, 0) is 17.7 Å². The van der Waals surface area contributed by atoms with Gasteiger partial charge in [-0.3, -0.25) is 9.89 Å². The zero-order chi connectivity index (χ0) is 18.1. The first-order valence-electron chi connectivity index (χ1n) is 9.54. The lowest BCUT2D eigenvalue weighted by molar-refractivity contribution is 0.144.